The second-order valence-electron chi connectivity index (χ2n) is 7.43. The number of hydrogen-bond acceptors (Lipinski definition) is 4. The van der Waals surface area contributed by atoms with Crippen molar-refractivity contribution in [2.75, 3.05) is 51.8 Å². The van der Waals surface area contributed by atoms with Crippen LogP contribution in [0.2, 0.25) is 5.02 Å². The number of likely N-dealkylation sites (N-methyl/N-ethyl adjacent to an activating group) is 1. The molecule has 0 radical (unpaired) electrons. The van der Waals surface area contributed by atoms with Gasteiger partial charge in [0.25, 0.3) is 0 Å². The fourth-order valence-electron chi connectivity index (χ4n) is 3.52. The number of nitrogens with one attached hydrogen (secondary N) is 2. The molecule has 0 amide bonds. The first kappa shape index (κ1) is 25.5. The van der Waals surface area contributed by atoms with Crippen LogP contribution in [0, 0.1) is 0 Å². The molecule has 1 saturated heterocycles. The predicted octanol–water partition coefficient (Wildman–Crippen LogP) is 3.97. The third-order valence-corrected chi connectivity index (χ3v) is 5.62. The molecule has 170 valence electrons. The van der Waals surface area contributed by atoms with Crippen LogP contribution in [0.5, 0.6) is 5.75 Å². The van der Waals surface area contributed by atoms with Gasteiger partial charge in [0.05, 0.1) is 13.7 Å². The Morgan fingerprint density at radius 1 is 1.10 bits per heavy atom. The average molecular weight is 558 g/mol. The van der Waals surface area contributed by atoms with Crippen LogP contribution in [0.3, 0.4) is 0 Å². The Bertz CT molecular complexity index is 856. The normalized spacial score (nSPS) is 14.7. The lowest BCUT2D eigenvalue weighted by atomic mass is 10.1. The van der Waals surface area contributed by atoms with Crippen molar-refractivity contribution in [3.05, 3.63) is 58.6 Å². The molecule has 0 bridgehead atoms. The monoisotopic (exact) mass is 557 g/mol. The zero-order valence-corrected chi connectivity index (χ0v) is 21.6. The van der Waals surface area contributed by atoms with Gasteiger partial charge in [-0.3, -0.25) is 0 Å². The van der Waals surface area contributed by atoms with Gasteiger partial charge in [0.15, 0.2) is 5.96 Å². The van der Waals surface area contributed by atoms with E-state index in [0.29, 0.717) is 13.1 Å². The lowest BCUT2D eigenvalue weighted by Gasteiger charge is -2.35. The summed E-state index contributed by atoms with van der Waals surface area (Å²) in [4.78, 5) is 9.51. The van der Waals surface area contributed by atoms with Gasteiger partial charge in [-0.15, -0.1) is 24.0 Å². The number of hydrogen-bond donors (Lipinski definition) is 2. The quantitative estimate of drug-likeness (QED) is 0.307. The number of aliphatic imine (C=N–C) groups is 1. The molecule has 0 atom stereocenters. The van der Waals surface area contributed by atoms with Crippen molar-refractivity contribution in [3.8, 4) is 5.75 Å². The summed E-state index contributed by atoms with van der Waals surface area (Å²) in [5.74, 6) is 1.61. The highest BCUT2D eigenvalue weighted by Crippen LogP contribution is 2.28. The molecule has 3 rings (SSSR count). The third kappa shape index (κ3) is 7.43. The Hall–Kier alpha value is -1.71. The molecule has 0 aliphatic carbocycles. The topological polar surface area (TPSA) is 52.1 Å². The number of anilines is 1. The van der Waals surface area contributed by atoms with E-state index in [-0.39, 0.29) is 24.0 Å². The van der Waals surface area contributed by atoms with Gasteiger partial charge in [-0.1, -0.05) is 29.8 Å². The first-order chi connectivity index (χ1) is 14.6. The molecule has 2 N–H and O–H groups in total. The van der Waals surface area contributed by atoms with Crippen LogP contribution in [0.25, 0.3) is 0 Å². The van der Waals surface area contributed by atoms with Gasteiger partial charge in [-0.05, 0) is 43.8 Å². The molecular weight excluding hydrogens is 525 g/mol. The number of guanidine groups is 1. The zero-order valence-electron chi connectivity index (χ0n) is 18.5. The summed E-state index contributed by atoms with van der Waals surface area (Å²) < 4.78 is 5.30. The molecule has 1 fully saturated rings. The number of ether oxygens (including phenoxy) is 1. The minimum atomic E-state index is 0. The van der Waals surface area contributed by atoms with E-state index in [1.165, 1.54) is 5.69 Å². The van der Waals surface area contributed by atoms with E-state index in [1.54, 1.807) is 7.11 Å². The van der Waals surface area contributed by atoms with Crippen LogP contribution in [-0.2, 0) is 13.1 Å². The number of rotatable bonds is 7. The molecule has 8 heteroatoms. The van der Waals surface area contributed by atoms with Gasteiger partial charge in [0, 0.05) is 55.5 Å². The van der Waals surface area contributed by atoms with Gasteiger partial charge in [-0.2, -0.15) is 0 Å². The maximum atomic E-state index is 6.59. The van der Waals surface area contributed by atoms with Crippen LogP contribution in [0.4, 0.5) is 5.69 Å². The summed E-state index contributed by atoms with van der Waals surface area (Å²) in [7, 11) is 3.84. The second kappa shape index (κ2) is 13.0. The van der Waals surface area contributed by atoms with E-state index in [1.807, 2.05) is 30.3 Å². The highest BCUT2D eigenvalue weighted by Gasteiger charge is 2.18. The first-order valence-electron chi connectivity index (χ1n) is 10.5. The van der Waals surface area contributed by atoms with Crippen molar-refractivity contribution in [2.45, 2.75) is 20.0 Å². The maximum Gasteiger partial charge on any atom is 0.191 e. The van der Waals surface area contributed by atoms with E-state index in [0.717, 1.165) is 60.6 Å². The van der Waals surface area contributed by atoms with E-state index in [2.05, 4.69) is 46.5 Å². The SMILES string of the molecule is CCNC(=NCc1cccc(OC)c1)NCc1c(Cl)cccc1N1CCN(C)CC1.I. The summed E-state index contributed by atoms with van der Waals surface area (Å²) in [6, 6.07) is 14.1. The van der Waals surface area contributed by atoms with E-state index < -0.39 is 0 Å². The van der Waals surface area contributed by atoms with Crippen molar-refractivity contribution in [2.24, 2.45) is 4.99 Å². The van der Waals surface area contributed by atoms with Gasteiger partial charge < -0.3 is 25.2 Å². The molecule has 0 unspecified atom stereocenters. The summed E-state index contributed by atoms with van der Waals surface area (Å²) in [6.45, 7) is 8.17. The molecule has 1 aliphatic rings. The van der Waals surface area contributed by atoms with E-state index in [4.69, 9.17) is 21.3 Å². The highest BCUT2D eigenvalue weighted by molar-refractivity contribution is 14.0. The van der Waals surface area contributed by atoms with Crippen molar-refractivity contribution in [3.63, 3.8) is 0 Å². The summed E-state index contributed by atoms with van der Waals surface area (Å²) in [5.41, 5.74) is 3.41. The van der Waals surface area contributed by atoms with Crippen LogP contribution in [-0.4, -0.2) is 57.7 Å². The van der Waals surface area contributed by atoms with E-state index in [9.17, 15) is 0 Å². The van der Waals surface area contributed by atoms with Gasteiger partial charge in [0.1, 0.15) is 5.75 Å². The Kier molecular flexibility index (Phi) is 10.7. The summed E-state index contributed by atoms with van der Waals surface area (Å²) >= 11 is 6.59. The summed E-state index contributed by atoms with van der Waals surface area (Å²) in [5, 5.41) is 7.55. The number of methoxy groups -OCH3 is 1. The maximum absolute atomic E-state index is 6.59. The van der Waals surface area contributed by atoms with Gasteiger partial charge in [-0.25, -0.2) is 4.99 Å². The van der Waals surface area contributed by atoms with E-state index >= 15 is 0 Å². The Morgan fingerprint density at radius 3 is 2.55 bits per heavy atom. The Morgan fingerprint density at radius 2 is 1.84 bits per heavy atom. The van der Waals surface area contributed by atoms with Crippen molar-refractivity contribution in [1.82, 2.24) is 15.5 Å². The predicted molar refractivity (Wildman–Crippen MR) is 141 cm³/mol. The van der Waals surface area contributed by atoms with Crippen molar-refractivity contribution < 1.29 is 4.74 Å². The minimum absolute atomic E-state index is 0. The molecule has 2 aromatic carbocycles. The smallest absolute Gasteiger partial charge is 0.191 e. The molecular formula is C23H33ClIN5O. The minimum Gasteiger partial charge on any atom is -0.497 e. The average Bonchev–Trinajstić information content (AvgIpc) is 2.77. The molecule has 2 aromatic rings. The van der Waals surface area contributed by atoms with Crippen LogP contribution < -0.4 is 20.3 Å². The highest BCUT2D eigenvalue weighted by atomic mass is 127. The lowest BCUT2D eigenvalue weighted by Crippen LogP contribution is -2.45. The largest absolute Gasteiger partial charge is 0.497 e. The molecule has 0 aromatic heterocycles. The number of benzene rings is 2. The Balaban J connectivity index is 0.00000341. The fourth-order valence-corrected chi connectivity index (χ4v) is 3.76. The Labute approximate surface area is 208 Å². The van der Waals surface area contributed by atoms with Crippen LogP contribution in [0.15, 0.2) is 47.5 Å². The number of piperazine rings is 1. The molecule has 0 spiro atoms. The third-order valence-electron chi connectivity index (χ3n) is 5.27. The van der Waals surface area contributed by atoms with Crippen molar-refractivity contribution >= 4 is 47.2 Å². The number of halogens is 2. The molecule has 1 aliphatic heterocycles. The first-order valence-corrected chi connectivity index (χ1v) is 10.8. The van der Waals surface area contributed by atoms with Crippen LogP contribution in [0.1, 0.15) is 18.1 Å². The van der Waals surface area contributed by atoms with Crippen LogP contribution >= 0.6 is 35.6 Å². The molecule has 1 heterocycles. The standard InChI is InChI=1S/C23H32ClN5O.HI/c1-4-25-23(26-16-18-7-5-8-19(15-18)30-3)27-17-20-21(24)9-6-10-22(20)29-13-11-28(2)12-14-29;/h5-10,15H,4,11-14,16-17H2,1-3H3,(H2,25,26,27);1H. The summed E-state index contributed by atoms with van der Waals surface area (Å²) in [6.07, 6.45) is 0. The fraction of sp³-hybridized carbons (Fsp3) is 0.435. The number of nitrogens with zero attached hydrogens (tertiary/aromatic N) is 3. The van der Waals surface area contributed by atoms with Crippen molar-refractivity contribution in [1.29, 1.82) is 0 Å². The second-order valence-corrected chi connectivity index (χ2v) is 7.84. The molecule has 31 heavy (non-hydrogen) atoms. The molecule has 6 nitrogen and oxygen atoms in total. The lowest BCUT2D eigenvalue weighted by molar-refractivity contribution is 0.312. The molecule has 0 saturated carbocycles. The zero-order chi connectivity index (χ0) is 21.3. The van der Waals surface area contributed by atoms with Gasteiger partial charge in [0.2, 0.25) is 0 Å². The van der Waals surface area contributed by atoms with Gasteiger partial charge >= 0.3 is 0 Å².